The van der Waals surface area contributed by atoms with E-state index in [9.17, 15) is 0 Å². The van der Waals surface area contributed by atoms with Crippen molar-refractivity contribution in [3.05, 3.63) is 29.8 Å². The lowest BCUT2D eigenvalue weighted by molar-refractivity contribution is 0.292. The van der Waals surface area contributed by atoms with Gasteiger partial charge < -0.3 is 15.2 Å². The lowest BCUT2D eigenvalue weighted by atomic mass is 10.1. The predicted molar refractivity (Wildman–Crippen MR) is 60.8 cm³/mol. The Balaban J connectivity index is 2.57. The molecule has 0 aliphatic carbocycles. The van der Waals surface area contributed by atoms with Gasteiger partial charge in [-0.2, -0.15) is 10.2 Å². The third kappa shape index (κ3) is 2.03. The number of methoxy groups -OCH3 is 1. The summed E-state index contributed by atoms with van der Waals surface area (Å²) in [6.07, 6.45) is 5.17. The van der Waals surface area contributed by atoms with Gasteiger partial charge in [0.2, 0.25) is 11.7 Å². The molecule has 2 N–H and O–H groups in total. The topological polar surface area (TPSA) is 94.0 Å². The van der Waals surface area contributed by atoms with Crippen LogP contribution in [0.1, 0.15) is 11.4 Å². The normalized spacial score (nSPS) is 13.5. The highest BCUT2D eigenvalue weighted by Crippen LogP contribution is 2.30. The minimum atomic E-state index is -0.0176. The summed E-state index contributed by atoms with van der Waals surface area (Å²) < 4.78 is 10.3. The van der Waals surface area contributed by atoms with E-state index < -0.39 is 0 Å². The zero-order valence-electron chi connectivity index (χ0n) is 9.17. The van der Waals surface area contributed by atoms with Crippen LogP contribution in [-0.2, 0) is 4.74 Å². The molecule has 1 aliphatic heterocycles. The molecule has 0 saturated carbocycles. The average molecular weight is 230 g/mol. The molecule has 0 aromatic carbocycles. The van der Waals surface area contributed by atoms with Crippen molar-refractivity contribution in [1.82, 2.24) is 9.97 Å². The van der Waals surface area contributed by atoms with E-state index in [2.05, 4.69) is 9.97 Å². The number of ether oxygens (including phenoxy) is 2. The molecule has 1 aromatic rings. The molecule has 17 heavy (non-hydrogen) atoms. The molecule has 0 atom stereocenters. The molecule has 0 saturated heterocycles. The highest BCUT2D eigenvalue weighted by Gasteiger charge is 2.18. The molecule has 6 nitrogen and oxygen atoms in total. The molecular formula is C11H10N4O2. The van der Waals surface area contributed by atoms with Gasteiger partial charge in [0.05, 0.1) is 18.9 Å². The number of nitrogen functional groups attached to an aromatic ring is 1. The zero-order valence-corrected chi connectivity index (χ0v) is 9.17. The first-order valence-electron chi connectivity index (χ1n) is 4.85. The van der Waals surface area contributed by atoms with Gasteiger partial charge in [-0.1, -0.05) is 6.08 Å². The van der Waals surface area contributed by atoms with Crippen LogP contribution in [0, 0.1) is 11.3 Å². The molecule has 2 rings (SSSR count). The largest absolute Gasteiger partial charge is 0.496 e. The van der Waals surface area contributed by atoms with Crippen molar-refractivity contribution in [1.29, 1.82) is 5.26 Å². The highest BCUT2D eigenvalue weighted by atomic mass is 16.5. The van der Waals surface area contributed by atoms with Gasteiger partial charge in [0.25, 0.3) is 0 Å². The SMILES string of the molecule is COc1nc(C#N)nc(N)c1C1=CC=COC1. The number of nitrogens with zero attached hydrogens (tertiary/aromatic N) is 3. The van der Waals surface area contributed by atoms with Gasteiger partial charge in [-0.05, 0) is 6.08 Å². The van der Waals surface area contributed by atoms with Crippen LogP contribution in [0.5, 0.6) is 5.88 Å². The zero-order chi connectivity index (χ0) is 12.3. The van der Waals surface area contributed by atoms with E-state index in [4.69, 9.17) is 20.5 Å². The van der Waals surface area contributed by atoms with Crippen molar-refractivity contribution < 1.29 is 9.47 Å². The van der Waals surface area contributed by atoms with Crippen molar-refractivity contribution >= 4 is 11.4 Å². The van der Waals surface area contributed by atoms with Crippen LogP contribution in [0.15, 0.2) is 18.4 Å². The lowest BCUT2D eigenvalue weighted by Gasteiger charge is -2.14. The van der Waals surface area contributed by atoms with Crippen LogP contribution in [0.25, 0.3) is 5.57 Å². The van der Waals surface area contributed by atoms with E-state index in [1.165, 1.54) is 7.11 Å². The Bertz CT molecular complexity index is 543. The predicted octanol–water partition coefficient (Wildman–Crippen LogP) is 0.866. The molecule has 1 aliphatic rings. The molecule has 1 aromatic heterocycles. The first-order valence-corrected chi connectivity index (χ1v) is 4.85. The summed E-state index contributed by atoms with van der Waals surface area (Å²) in [5.74, 6) is 0.466. The molecule has 0 radical (unpaired) electrons. The molecule has 2 heterocycles. The molecule has 0 fully saturated rings. The Hall–Kier alpha value is -2.55. The number of allylic oxidation sites excluding steroid dienone is 2. The summed E-state index contributed by atoms with van der Waals surface area (Å²) in [6, 6.07) is 1.83. The Morgan fingerprint density at radius 2 is 2.35 bits per heavy atom. The molecule has 0 unspecified atom stereocenters. The molecule has 0 spiro atoms. The Morgan fingerprint density at radius 3 is 2.94 bits per heavy atom. The van der Waals surface area contributed by atoms with Crippen LogP contribution >= 0.6 is 0 Å². The van der Waals surface area contributed by atoms with E-state index in [-0.39, 0.29) is 17.5 Å². The smallest absolute Gasteiger partial charge is 0.237 e. The lowest BCUT2D eigenvalue weighted by Crippen LogP contribution is -2.08. The van der Waals surface area contributed by atoms with Crippen LogP contribution < -0.4 is 10.5 Å². The highest BCUT2D eigenvalue weighted by molar-refractivity contribution is 5.78. The second kappa shape index (κ2) is 4.53. The van der Waals surface area contributed by atoms with E-state index >= 15 is 0 Å². The third-order valence-electron chi connectivity index (χ3n) is 2.23. The van der Waals surface area contributed by atoms with E-state index in [1.807, 2.05) is 12.1 Å². The number of nitriles is 1. The van der Waals surface area contributed by atoms with Gasteiger partial charge in [-0.15, -0.1) is 0 Å². The minimum absolute atomic E-state index is 0.0176. The maximum atomic E-state index is 8.75. The summed E-state index contributed by atoms with van der Waals surface area (Å²) in [4.78, 5) is 7.83. The Morgan fingerprint density at radius 1 is 1.53 bits per heavy atom. The number of anilines is 1. The fraction of sp³-hybridized carbons (Fsp3) is 0.182. The van der Waals surface area contributed by atoms with Crippen molar-refractivity contribution in [3.63, 3.8) is 0 Å². The molecular weight excluding hydrogens is 220 g/mol. The number of hydrogen-bond donors (Lipinski definition) is 1. The van der Waals surface area contributed by atoms with Gasteiger partial charge in [0, 0.05) is 5.57 Å². The summed E-state index contributed by atoms with van der Waals surface area (Å²) in [5, 5.41) is 8.75. The van der Waals surface area contributed by atoms with Crippen molar-refractivity contribution in [2.75, 3.05) is 19.5 Å². The monoisotopic (exact) mass is 230 g/mol. The summed E-state index contributed by atoms with van der Waals surface area (Å²) in [5.41, 5.74) is 7.18. The Kier molecular flexibility index (Phi) is 2.92. The second-order valence-corrected chi connectivity index (χ2v) is 3.26. The summed E-state index contributed by atoms with van der Waals surface area (Å²) in [6.45, 7) is 0.367. The summed E-state index contributed by atoms with van der Waals surface area (Å²) in [7, 11) is 1.46. The van der Waals surface area contributed by atoms with Crippen LogP contribution in [-0.4, -0.2) is 23.7 Å². The second-order valence-electron chi connectivity index (χ2n) is 3.26. The third-order valence-corrected chi connectivity index (χ3v) is 2.23. The molecule has 0 bridgehead atoms. The van der Waals surface area contributed by atoms with E-state index in [0.29, 0.717) is 12.2 Å². The van der Waals surface area contributed by atoms with Gasteiger partial charge in [0.1, 0.15) is 18.5 Å². The standard InChI is InChI=1S/C11H10N4O2/c1-16-11-9(7-3-2-4-17-6-7)10(13)14-8(5-12)15-11/h2-4H,6H2,1H3,(H2,13,14,15). The Labute approximate surface area is 98.0 Å². The van der Waals surface area contributed by atoms with E-state index in [1.54, 1.807) is 12.3 Å². The molecule has 0 amide bonds. The number of rotatable bonds is 2. The van der Waals surface area contributed by atoms with Crippen molar-refractivity contribution in [2.45, 2.75) is 0 Å². The van der Waals surface area contributed by atoms with Crippen molar-refractivity contribution in [2.24, 2.45) is 0 Å². The van der Waals surface area contributed by atoms with E-state index in [0.717, 1.165) is 5.57 Å². The van der Waals surface area contributed by atoms with Gasteiger partial charge >= 0.3 is 0 Å². The molecule has 6 heteroatoms. The fourth-order valence-electron chi connectivity index (χ4n) is 1.51. The summed E-state index contributed by atoms with van der Waals surface area (Å²) >= 11 is 0. The number of nitrogens with two attached hydrogens (primary N) is 1. The average Bonchev–Trinajstić information content (AvgIpc) is 2.38. The number of hydrogen-bond acceptors (Lipinski definition) is 6. The van der Waals surface area contributed by atoms with Crippen LogP contribution in [0.2, 0.25) is 0 Å². The van der Waals surface area contributed by atoms with Crippen LogP contribution in [0.4, 0.5) is 5.82 Å². The van der Waals surface area contributed by atoms with Gasteiger partial charge in [-0.25, -0.2) is 4.98 Å². The minimum Gasteiger partial charge on any atom is -0.496 e. The quantitative estimate of drug-likeness (QED) is 0.809. The fourth-order valence-corrected chi connectivity index (χ4v) is 1.51. The first-order chi connectivity index (χ1) is 8.26. The molecule has 86 valence electrons. The van der Waals surface area contributed by atoms with Crippen molar-refractivity contribution in [3.8, 4) is 11.9 Å². The first kappa shape index (κ1) is 11.0. The number of aromatic nitrogens is 2. The van der Waals surface area contributed by atoms with Gasteiger partial charge in [0.15, 0.2) is 0 Å². The van der Waals surface area contributed by atoms with Crippen LogP contribution in [0.3, 0.4) is 0 Å². The maximum absolute atomic E-state index is 8.75. The van der Waals surface area contributed by atoms with Gasteiger partial charge in [-0.3, -0.25) is 0 Å². The maximum Gasteiger partial charge on any atom is 0.237 e.